The lowest BCUT2D eigenvalue weighted by Crippen LogP contribution is -2.02. The van der Waals surface area contributed by atoms with E-state index in [2.05, 4.69) is 29.1 Å². The molecule has 0 saturated carbocycles. The molecular formula is C16H17N3OS. The topological polar surface area (TPSA) is 58.0 Å². The van der Waals surface area contributed by atoms with Crippen LogP contribution in [0.5, 0.6) is 0 Å². The second kappa shape index (κ2) is 5.79. The van der Waals surface area contributed by atoms with Gasteiger partial charge in [0, 0.05) is 11.4 Å². The van der Waals surface area contributed by atoms with Crippen LogP contribution in [0.15, 0.2) is 30.6 Å². The minimum absolute atomic E-state index is 0.0770. The molecule has 0 fully saturated rings. The van der Waals surface area contributed by atoms with Gasteiger partial charge in [0.2, 0.25) is 0 Å². The number of nitrogens with one attached hydrogen (secondary N) is 1. The fraction of sp³-hybridized carbons (Fsp3) is 0.250. The number of benzene rings is 1. The van der Waals surface area contributed by atoms with E-state index in [0.717, 1.165) is 27.2 Å². The van der Waals surface area contributed by atoms with Gasteiger partial charge < -0.3 is 10.4 Å². The SMILES string of the molecule is Cc1sc2ncnc(NCc3ccc(CO)cc3)c2c1C. The van der Waals surface area contributed by atoms with Crippen molar-refractivity contribution < 1.29 is 5.11 Å². The van der Waals surface area contributed by atoms with Crippen LogP contribution >= 0.6 is 11.3 Å². The Morgan fingerprint density at radius 2 is 1.81 bits per heavy atom. The van der Waals surface area contributed by atoms with Gasteiger partial charge in [-0.3, -0.25) is 0 Å². The van der Waals surface area contributed by atoms with E-state index in [4.69, 9.17) is 5.11 Å². The van der Waals surface area contributed by atoms with Gasteiger partial charge in [0.05, 0.1) is 12.0 Å². The van der Waals surface area contributed by atoms with Crippen LogP contribution in [0, 0.1) is 13.8 Å². The summed E-state index contributed by atoms with van der Waals surface area (Å²) < 4.78 is 0. The zero-order chi connectivity index (χ0) is 14.8. The number of aliphatic hydroxyl groups is 1. The standard InChI is InChI=1S/C16H17N3OS/c1-10-11(2)21-16-14(10)15(18-9-19-16)17-7-12-3-5-13(8-20)6-4-12/h3-6,9,20H,7-8H2,1-2H3,(H,17,18,19). The number of aromatic nitrogens is 2. The molecule has 0 radical (unpaired) electrons. The van der Waals surface area contributed by atoms with Gasteiger partial charge in [-0.15, -0.1) is 11.3 Å². The highest BCUT2D eigenvalue weighted by Crippen LogP contribution is 2.32. The lowest BCUT2D eigenvalue weighted by molar-refractivity contribution is 0.282. The zero-order valence-corrected chi connectivity index (χ0v) is 12.9. The smallest absolute Gasteiger partial charge is 0.138 e. The summed E-state index contributed by atoms with van der Waals surface area (Å²) in [5.74, 6) is 0.882. The van der Waals surface area contributed by atoms with Gasteiger partial charge in [-0.25, -0.2) is 9.97 Å². The molecule has 0 atom stereocenters. The second-order valence-electron chi connectivity index (χ2n) is 5.01. The third kappa shape index (κ3) is 2.75. The van der Waals surface area contributed by atoms with Gasteiger partial charge in [0.25, 0.3) is 0 Å². The van der Waals surface area contributed by atoms with E-state index in [1.54, 1.807) is 17.7 Å². The van der Waals surface area contributed by atoms with Crippen LogP contribution in [0.25, 0.3) is 10.2 Å². The lowest BCUT2D eigenvalue weighted by atomic mass is 10.1. The molecule has 0 aliphatic heterocycles. The van der Waals surface area contributed by atoms with Crippen molar-refractivity contribution in [2.45, 2.75) is 27.0 Å². The molecule has 3 rings (SSSR count). The molecule has 0 spiro atoms. The zero-order valence-electron chi connectivity index (χ0n) is 12.1. The third-order valence-electron chi connectivity index (χ3n) is 3.63. The van der Waals surface area contributed by atoms with Crippen molar-refractivity contribution >= 4 is 27.4 Å². The van der Waals surface area contributed by atoms with Crippen LogP contribution in [-0.2, 0) is 13.2 Å². The molecule has 0 unspecified atom stereocenters. The monoisotopic (exact) mass is 299 g/mol. The largest absolute Gasteiger partial charge is 0.392 e. The van der Waals surface area contributed by atoms with E-state index in [-0.39, 0.29) is 6.61 Å². The minimum atomic E-state index is 0.0770. The molecule has 0 saturated heterocycles. The van der Waals surface area contributed by atoms with Crippen LogP contribution in [0.2, 0.25) is 0 Å². The number of thiophene rings is 1. The van der Waals surface area contributed by atoms with Gasteiger partial charge >= 0.3 is 0 Å². The number of hydrogen-bond donors (Lipinski definition) is 2. The highest BCUT2D eigenvalue weighted by molar-refractivity contribution is 7.18. The Hall–Kier alpha value is -1.98. The summed E-state index contributed by atoms with van der Waals surface area (Å²) in [7, 11) is 0. The Labute approximate surface area is 127 Å². The van der Waals surface area contributed by atoms with Gasteiger partial charge in [-0.1, -0.05) is 24.3 Å². The first-order chi connectivity index (χ1) is 10.2. The molecule has 5 heteroatoms. The lowest BCUT2D eigenvalue weighted by Gasteiger charge is -2.08. The maximum absolute atomic E-state index is 9.06. The fourth-order valence-electron chi connectivity index (χ4n) is 2.26. The van der Waals surface area contributed by atoms with Crippen molar-refractivity contribution in [3.8, 4) is 0 Å². The molecule has 2 heterocycles. The van der Waals surface area contributed by atoms with Crippen LogP contribution < -0.4 is 5.32 Å². The predicted molar refractivity (Wildman–Crippen MR) is 86.6 cm³/mol. The summed E-state index contributed by atoms with van der Waals surface area (Å²) in [4.78, 5) is 11.0. The average molecular weight is 299 g/mol. The summed E-state index contributed by atoms with van der Waals surface area (Å²) in [6, 6.07) is 7.91. The summed E-state index contributed by atoms with van der Waals surface area (Å²) in [6.07, 6.45) is 1.61. The van der Waals surface area contributed by atoms with E-state index in [1.165, 1.54) is 10.4 Å². The minimum Gasteiger partial charge on any atom is -0.392 e. The summed E-state index contributed by atoms with van der Waals surface area (Å²) in [5.41, 5.74) is 3.32. The van der Waals surface area contributed by atoms with E-state index in [9.17, 15) is 0 Å². The molecule has 1 aromatic carbocycles. The Bertz CT molecular complexity index is 765. The summed E-state index contributed by atoms with van der Waals surface area (Å²) in [5, 5.41) is 13.6. The van der Waals surface area contributed by atoms with E-state index in [1.807, 2.05) is 24.3 Å². The molecule has 4 nitrogen and oxygen atoms in total. The molecule has 0 bridgehead atoms. The highest BCUT2D eigenvalue weighted by atomic mass is 32.1. The Morgan fingerprint density at radius 1 is 1.10 bits per heavy atom. The molecule has 0 amide bonds. The molecule has 21 heavy (non-hydrogen) atoms. The average Bonchev–Trinajstić information content (AvgIpc) is 2.81. The third-order valence-corrected chi connectivity index (χ3v) is 4.75. The molecule has 2 aromatic heterocycles. The van der Waals surface area contributed by atoms with Gasteiger partial charge in [0.1, 0.15) is 17.0 Å². The number of anilines is 1. The number of aryl methyl sites for hydroxylation is 2. The quantitative estimate of drug-likeness (QED) is 0.775. The molecule has 2 N–H and O–H groups in total. The molecular weight excluding hydrogens is 282 g/mol. The first-order valence-corrected chi connectivity index (χ1v) is 7.64. The first kappa shape index (κ1) is 14.0. The van der Waals surface area contributed by atoms with Crippen molar-refractivity contribution in [3.63, 3.8) is 0 Å². The van der Waals surface area contributed by atoms with Crippen molar-refractivity contribution in [3.05, 3.63) is 52.2 Å². The van der Waals surface area contributed by atoms with Crippen LogP contribution in [0.1, 0.15) is 21.6 Å². The van der Waals surface area contributed by atoms with Crippen molar-refractivity contribution in [1.29, 1.82) is 0 Å². The number of nitrogens with zero attached hydrogens (tertiary/aromatic N) is 2. The second-order valence-corrected chi connectivity index (χ2v) is 6.22. The van der Waals surface area contributed by atoms with Gasteiger partial charge in [-0.2, -0.15) is 0 Å². The molecule has 108 valence electrons. The van der Waals surface area contributed by atoms with E-state index in [0.29, 0.717) is 6.54 Å². The van der Waals surface area contributed by atoms with Crippen molar-refractivity contribution in [1.82, 2.24) is 9.97 Å². The van der Waals surface area contributed by atoms with Crippen LogP contribution in [0.4, 0.5) is 5.82 Å². The van der Waals surface area contributed by atoms with Crippen LogP contribution in [0.3, 0.4) is 0 Å². The molecule has 0 aliphatic carbocycles. The maximum Gasteiger partial charge on any atom is 0.138 e. The van der Waals surface area contributed by atoms with Gasteiger partial charge in [-0.05, 0) is 30.5 Å². The Kier molecular flexibility index (Phi) is 3.86. The number of hydrogen-bond acceptors (Lipinski definition) is 5. The van der Waals surface area contributed by atoms with E-state index < -0.39 is 0 Å². The number of aliphatic hydroxyl groups excluding tert-OH is 1. The normalized spacial score (nSPS) is 11.0. The first-order valence-electron chi connectivity index (χ1n) is 6.82. The highest BCUT2D eigenvalue weighted by Gasteiger charge is 2.11. The Morgan fingerprint density at radius 3 is 2.52 bits per heavy atom. The number of fused-ring (bicyclic) bond motifs is 1. The van der Waals surface area contributed by atoms with Gasteiger partial charge in [0.15, 0.2) is 0 Å². The molecule has 0 aliphatic rings. The number of rotatable bonds is 4. The van der Waals surface area contributed by atoms with Crippen LogP contribution in [-0.4, -0.2) is 15.1 Å². The van der Waals surface area contributed by atoms with Crippen molar-refractivity contribution in [2.75, 3.05) is 5.32 Å². The maximum atomic E-state index is 9.06. The molecule has 3 aromatic rings. The summed E-state index contributed by atoms with van der Waals surface area (Å²) in [6.45, 7) is 5.00. The predicted octanol–water partition coefficient (Wildman–Crippen LogP) is 3.41. The summed E-state index contributed by atoms with van der Waals surface area (Å²) >= 11 is 1.70. The Balaban J connectivity index is 1.84. The van der Waals surface area contributed by atoms with E-state index >= 15 is 0 Å². The fourth-order valence-corrected chi connectivity index (χ4v) is 3.26. The van der Waals surface area contributed by atoms with Crippen molar-refractivity contribution in [2.24, 2.45) is 0 Å².